The van der Waals surface area contributed by atoms with E-state index in [2.05, 4.69) is 30.8 Å². The van der Waals surface area contributed by atoms with Crippen LogP contribution in [-0.4, -0.2) is 30.6 Å². The molecule has 3 heteroatoms. The average Bonchev–Trinajstić information content (AvgIpc) is 2.28. The van der Waals surface area contributed by atoms with E-state index in [4.69, 9.17) is 5.84 Å². The third kappa shape index (κ3) is 7.54. The summed E-state index contributed by atoms with van der Waals surface area (Å²) in [7, 11) is 0. The summed E-state index contributed by atoms with van der Waals surface area (Å²) < 4.78 is 0. The summed E-state index contributed by atoms with van der Waals surface area (Å²) in [6.45, 7) is 11.5. The molecule has 0 heterocycles. The molecule has 1 atom stereocenters. The molecule has 0 bridgehead atoms. The van der Waals surface area contributed by atoms with Crippen molar-refractivity contribution in [1.29, 1.82) is 0 Å². The van der Waals surface area contributed by atoms with Gasteiger partial charge in [0.15, 0.2) is 0 Å². The largest absolute Gasteiger partial charge is 0.304 e. The van der Waals surface area contributed by atoms with Crippen molar-refractivity contribution in [3.8, 4) is 0 Å². The van der Waals surface area contributed by atoms with Gasteiger partial charge in [0, 0.05) is 6.04 Å². The zero-order chi connectivity index (χ0) is 11.5. The van der Waals surface area contributed by atoms with Crippen LogP contribution in [-0.2, 0) is 0 Å². The van der Waals surface area contributed by atoms with E-state index in [0.29, 0.717) is 6.04 Å². The Kier molecular flexibility index (Phi) is 9.89. The first-order chi connectivity index (χ1) is 7.28. The lowest BCUT2D eigenvalue weighted by molar-refractivity contribution is 0.277. The Labute approximate surface area is 94.7 Å². The van der Waals surface area contributed by atoms with Crippen LogP contribution in [0.2, 0.25) is 0 Å². The molecule has 0 saturated carbocycles. The summed E-state index contributed by atoms with van der Waals surface area (Å²) >= 11 is 0. The summed E-state index contributed by atoms with van der Waals surface area (Å²) in [5, 5.41) is 0. The first-order valence-electron chi connectivity index (χ1n) is 6.07. The van der Waals surface area contributed by atoms with Crippen molar-refractivity contribution in [3.05, 3.63) is 12.7 Å². The molecule has 0 aromatic rings. The summed E-state index contributed by atoms with van der Waals surface area (Å²) in [6, 6.07) is 0.450. The maximum atomic E-state index is 5.53. The summed E-state index contributed by atoms with van der Waals surface area (Å²) in [6.07, 6.45) is 6.51. The van der Waals surface area contributed by atoms with Crippen LogP contribution in [0.15, 0.2) is 12.7 Å². The fraction of sp³-hybridized carbons (Fsp3) is 0.833. The van der Waals surface area contributed by atoms with Crippen molar-refractivity contribution in [2.24, 2.45) is 5.84 Å². The molecule has 0 aromatic heterocycles. The summed E-state index contributed by atoms with van der Waals surface area (Å²) in [5.41, 5.74) is 2.90. The third-order valence-electron chi connectivity index (χ3n) is 2.88. The van der Waals surface area contributed by atoms with Gasteiger partial charge >= 0.3 is 0 Å². The molecular weight excluding hydrogens is 186 g/mol. The van der Waals surface area contributed by atoms with Gasteiger partial charge in [-0.05, 0) is 45.3 Å². The molecule has 90 valence electrons. The molecule has 3 N–H and O–H groups in total. The molecule has 15 heavy (non-hydrogen) atoms. The van der Waals surface area contributed by atoms with Crippen molar-refractivity contribution in [2.75, 3.05) is 19.6 Å². The van der Waals surface area contributed by atoms with Gasteiger partial charge in [-0.1, -0.05) is 19.9 Å². The second-order valence-electron chi connectivity index (χ2n) is 3.90. The van der Waals surface area contributed by atoms with Crippen molar-refractivity contribution in [3.63, 3.8) is 0 Å². The molecule has 0 aromatic carbocycles. The predicted molar refractivity (Wildman–Crippen MR) is 67.6 cm³/mol. The fourth-order valence-corrected chi connectivity index (χ4v) is 1.70. The highest BCUT2D eigenvalue weighted by Crippen LogP contribution is 2.05. The van der Waals surface area contributed by atoms with Gasteiger partial charge in [-0.2, -0.15) is 0 Å². The SMILES string of the molecule is C=CCCCC(CCN(CC)CC)NN. The molecule has 0 aliphatic heterocycles. The zero-order valence-corrected chi connectivity index (χ0v) is 10.3. The Morgan fingerprint density at radius 1 is 1.33 bits per heavy atom. The maximum Gasteiger partial charge on any atom is 0.0222 e. The monoisotopic (exact) mass is 213 g/mol. The molecule has 3 nitrogen and oxygen atoms in total. The number of allylic oxidation sites excluding steroid dienone is 1. The lowest BCUT2D eigenvalue weighted by Crippen LogP contribution is -2.38. The minimum Gasteiger partial charge on any atom is -0.304 e. The van der Waals surface area contributed by atoms with E-state index in [0.717, 1.165) is 38.9 Å². The number of hydrazine groups is 1. The van der Waals surface area contributed by atoms with Crippen LogP contribution in [0.3, 0.4) is 0 Å². The van der Waals surface area contributed by atoms with Crippen LogP contribution in [0.1, 0.15) is 39.5 Å². The summed E-state index contributed by atoms with van der Waals surface area (Å²) in [5.74, 6) is 5.53. The van der Waals surface area contributed by atoms with Crippen molar-refractivity contribution >= 4 is 0 Å². The number of hydrogen-bond donors (Lipinski definition) is 2. The van der Waals surface area contributed by atoms with Gasteiger partial charge in [0.25, 0.3) is 0 Å². The van der Waals surface area contributed by atoms with E-state index in [-0.39, 0.29) is 0 Å². The van der Waals surface area contributed by atoms with E-state index in [1.165, 1.54) is 6.42 Å². The highest BCUT2D eigenvalue weighted by Gasteiger charge is 2.07. The van der Waals surface area contributed by atoms with Crippen molar-refractivity contribution in [1.82, 2.24) is 10.3 Å². The highest BCUT2D eigenvalue weighted by atomic mass is 15.2. The van der Waals surface area contributed by atoms with E-state index in [1.807, 2.05) is 6.08 Å². The second kappa shape index (κ2) is 10.1. The molecule has 0 rings (SSSR count). The lowest BCUT2D eigenvalue weighted by atomic mass is 10.1. The number of unbranched alkanes of at least 4 members (excludes halogenated alkanes) is 1. The Morgan fingerprint density at radius 3 is 2.47 bits per heavy atom. The van der Waals surface area contributed by atoms with Crippen LogP contribution in [0.5, 0.6) is 0 Å². The maximum absolute atomic E-state index is 5.53. The van der Waals surface area contributed by atoms with Gasteiger partial charge < -0.3 is 4.90 Å². The number of nitrogens with one attached hydrogen (secondary N) is 1. The van der Waals surface area contributed by atoms with Crippen molar-refractivity contribution in [2.45, 2.75) is 45.6 Å². The van der Waals surface area contributed by atoms with Gasteiger partial charge in [-0.25, -0.2) is 0 Å². The highest BCUT2D eigenvalue weighted by molar-refractivity contribution is 4.71. The number of nitrogens with two attached hydrogens (primary N) is 1. The smallest absolute Gasteiger partial charge is 0.0222 e. The van der Waals surface area contributed by atoms with Gasteiger partial charge in [0.2, 0.25) is 0 Å². The quantitative estimate of drug-likeness (QED) is 0.252. The Hall–Kier alpha value is -0.380. The van der Waals surface area contributed by atoms with E-state index < -0.39 is 0 Å². The third-order valence-corrected chi connectivity index (χ3v) is 2.88. The first-order valence-corrected chi connectivity index (χ1v) is 6.07. The molecule has 1 unspecified atom stereocenters. The average molecular weight is 213 g/mol. The fourth-order valence-electron chi connectivity index (χ4n) is 1.70. The van der Waals surface area contributed by atoms with Gasteiger partial charge in [-0.15, -0.1) is 6.58 Å². The standard InChI is InChI=1S/C12H27N3/c1-4-7-8-9-12(14-13)10-11-15(5-2)6-3/h4,12,14H,1,5-11,13H2,2-3H3. The van der Waals surface area contributed by atoms with E-state index in [1.54, 1.807) is 0 Å². The molecule has 0 aliphatic carbocycles. The molecule has 0 saturated heterocycles. The van der Waals surface area contributed by atoms with Crippen LogP contribution in [0, 0.1) is 0 Å². The molecule has 0 radical (unpaired) electrons. The normalized spacial score (nSPS) is 13.1. The van der Waals surface area contributed by atoms with E-state index >= 15 is 0 Å². The lowest BCUT2D eigenvalue weighted by Gasteiger charge is -2.22. The molecule has 0 spiro atoms. The van der Waals surface area contributed by atoms with Crippen LogP contribution >= 0.6 is 0 Å². The minimum absolute atomic E-state index is 0.450. The van der Waals surface area contributed by atoms with E-state index in [9.17, 15) is 0 Å². The van der Waals surface area contributed by atoms with Gasteiger partial charge in [0.1, 0.15) is 0 Å². The van der Waals surface area contributed by atoms with Crippen LogP contribution in [0.4, 0.5) is 0 Å². The Morgan fingerprint density at radius 2 is 2.00 bits per heavy atom. The minimum atomic E-state index is 0.450. The van der Waals surface area contributed by atoms with Gasteiger partial charge in [-0.3, -0.25) is 11.3 Å². The van der Waals surface area contributed by atoms with Crippen LogP contribution in [0.25, 0.3) is 0 Å². The molecule has 0 fully saturated rings. The van der Waals surface area contributed by atoms with Crippen molar-refractivity contribution < 1.29 is 0 Å². The predicted octanol–water partition coefficient (Wildman–Crippen LogP) is 1.91. The second-order valence-corrected chi connectivity index (χ2v) is 3.90. The summed E-state index contributed by atoms with van der Waals surface area (Å²) in [4.78, 5) is 2.43. The topological polar surface area (TPSA) is 41.3 Å². The van der Waals surface area contributed by atoms with Gasteiger partial charge in [0.05, 0.1) is 0 Å². The number of nitrogens with zero attached hydrogens (tertiary/aromatic N) is 1. The Balaban J connectivity index is 3.63. The first kappa shape index (κ1) is 14.6. The molecule has 0 amide bonds. The van der Waals surface area contributed by atoms with Crippen LogP contribution < -0.4 is 11.3 Å². The zero-order valence-electron chi connectivity index (χ0n) is 10.3. The molecular formula is C12H27N3. The number of rotatable bonds is 10. The number of hydrogen-bond acceptors (Lipinski definition) is 3. The molecule has 0 aliphatic rings. The Bertz CT molecular complexity index is 144.